The first-order valence-electron chi connectivity index (χ1n) is 43.0. The molecule has 0 N–H and O–H groups in total. The molecule has 9 aliphatic carbocycles. The molecule has 4 spiro atoms. The zero-order valence-electron chi connectivity index (χ0n) is 69.4. The van der Waals surface area contributed by atoms with Crippen molar-refractivity contribution in [2.45, 2.75) is 165 Å². The van der Waals surface area contributed by atoms with Gasteiger partial charge in [-0.15, -0.1) is 0 Å². The van der Waals surface area contributed by atoms with Crippen LogP contribution < -0.4 is 41.8 Å². The highest BCUT2D eigenvalue weighted by molar-refractivity contribution is 7.92. The minimum absolute atomic E-state index is 0.0121. The highest BCUT2D eigenvalue weighted by Crippen LogP contribution is 2.56. The molecule has 0 radical (unpaired) electrons. The van der Waals surface area contributed by atoms with Crippen molar-refractivity contribution in [1.82, 2.24) is 18.3 Å². The van der Waals surface area contributed by atoms with E-state index in [-0.39, 0.29) is 46.5 Å². The van der Waals surface area contributed by atoms with E-state index in [1.807, 2.05) is 123 Å². The summed E-state index contributed by atoms with van der Waals surface area (Å²) in [6, 6.07) is 22.2. The van der Waals surface area contributed by atoms with Gasteiger partial charge in [0.05, 0.1) is 43.8 Å². The summed E-state index contributed by atoms with van der Waals surface area (Å²) >= 11 is 0. The maximum Gasteiger partial charge on any atom is 0.254 e. The molecule has 0 atom stereocenters. The van der Waals surface area contributed by atoms with Crippen LogP contribution in [-0.4, -0.2) is 140 Å². The molecule has 0 unspecified atom stereocenters. The van der Waals surface area contributed by atoms with Crippen LogP contribution in [0.2, 0.25) is 0 Å². The van der Waals surface area contributed by atoms with Crippen molar-refractivity contribution in [2.24, 2.45) is 49.9 Å². The summed E-state index contributed by atoms with van der Waals surface area (Å²) in [4.78, 5) is 61.3. The van der Waals surface area contributed by atoms with E-state index < -0.39 is 44.6 Å². The standard InChI is InChI=1S/C25H30N2O3S.C24H26N2O4S.C24H26N2O3S.C22H24N2O3S/c1-3-4-13-31(29,30)18-9-10-23(27-16-25(17-27)11-6-12-25)21(14-18)22-15-26(2)24(28)20-8-5-7-19(20)22;1-25-11-21(18-4-2-5-19(18)23(25)27)20-10-16(31(28,29)17-12-30-13-17)6-7-22(20)26-14-24(15-26)8-3-9-24;1-25-13-21(18-4-2-5-19(18)23(25)27)20-12-17(30(28,29)16-6-7-16)8-9-22(20)26-14-24(15-26)10-3-11-24;1-23-12-19(16-5-3-6-17(16)21(23)25)18-11-15(28(2,26)27)7-8-20(18)24-13-22(14-24)9-4-10-22/h5,7,9-10,14-15H,3-4,6,8,11-13,16-17H2,1-2H3;2,4,6-7,10-11,17H,3,5,8-9,12-15H2,1H3;2,4,8-9,12-13,16H,3,5-7,10-11,14-15H2,1H3;3,5,7-8,11-12H,4,6,9-10,13-14H2,1-2H3. The van der Waals surface area contributed by atoms with Gasteiger partial charge in [0.2, 0.25) is 0 Å². The van der Waals surface area contributed by atoms with Crippen molar-refractivity contribution in [2.75, 3.05) is 97.2 Å². The highest BCUT2D eigenvalue weighted by Gasteiger charge is 2.52. The van der Waals surface area contributed by atoms with Gasteiger partial charge < -0.3 is 42.6 Å². The van der Waals surface area contributed by atoms with Crippen molar-refractivity contribution < 1.29 is 38.4 Å². The number of hydrogen-bond acceptors (Lipinski definition) is 17. The molecule has 25 heteroatoms. The number of aromatic nitrogens is 4. The van der Waals surface area contributed by atoms with Crippen LogP contribution in [0.25, 0.3) is 68.8 Å². The zero-order valence-corrected chi connectivity index (χ0v) is 72.7. The Hall–Kier alpha value is -9.40. The monoisotopic (exact) mass is 1690 g/mol. The lowest BCUT2D eigenvalue weighted by molar-refractivity contribution is 0.0416. The maximum absolute atomic E-state index is 13.1. The lowest BCUT2D eigenvalue weighted by Crippen LogP contribution is -2.60. The minimum Gasteiger partial charge on any atom is -0.379 e. The molecule has 4 aromatic heterocycles. The van der Waals surface area contributed by atoms with Crippen molar-refractivity contribution in [3.8, 4) is 44.5 Å². The van der Waals surface area contributed by atoms with E-state index in [2.05, 4.69) is 19.6 Å². The average Bonchev–Trinajstić information content (AvgIpc) is 0.875. The van der Waals surface area contributed by atoms with Gasteiger partial charge in [0.25, 0.3) is 22.2 Å². The summed E-state index contributed by atoms with van der Waals surface area (Å²) in [6.07, 6.45) is 45.9. The van der Waals surface area contributed by atoms with Crippen molar-refractivity contribution in [1.29, 1.82) is 0 Å². The number of benzene rings is 4. The molecule has 0 bridgehead atoms. The average molecular weight is 1700 g/mol. The smallest absolute Gasteiger partial charge is 0.254 e. The van der Waals surface area contributed by atoms with Crippen LogP contribution in [0.3, 0.4) is 0 Å². The second-order valence-corrected chi connectivity index (χ2v) is 45.9. The Labute approximate surface area is 703 Å². The molecule has 22 rings (SSSR count). The quantitative estimate of drug-likeness (QED) is 0.0822. The number of allylic oxidation sites excluding steroid dienone is 4. The van der Waals surface area contributed by atoms with Gasteiger partial charge >= 0.3 is 0 Å². The first-order chi connectivity index (χ1) is 57.4. The number of rotatable bonds is 17. The van der Waals surface area contributed by atoms with Gasteiger partial charge in [-0.05, 0) is 191 Å². The van der Waals surface area contributed by atoms with E-state index in [1.54, 1.807) is 76.8 Å². The Kier molecular flexibility index (Phi) is 19.9. The Balaban J connectivity index is 0.000000106. The van der Waals surface area contributed by atoms with Gasteiger partial charge in [0, 0.05) is 223 Å². The first kappa shape index (κ1) is 80.3. The third-order valence-electron chi connectivity index (χ3n) is 29.0. The molecule has 5 saturated heterocycles. The lowest BCUT2D eigenvalue weighted by Gasteiger charge is -2.57. The normalized spacial score (nSPS) is 20.3. The number of fused-ring (bicyclic) bond motifs is 4. The number of sulfone groups is 4. The molecule has 8 aromatic rings. The number of nitrogens with zero attached hydrogens (tertiary/aromatic N) is 8. The fourth-order valence-corrected chi connectivity index (χ4v) is 26.2. The fourth-order valence-electron chi connectivity index (χ4n) is 21.0. The van der Waals surface area contributed by atoms with Crippen LogP contribution in [0.15, 0.2) is 161 Å². The predicted molar refractivity (Wildman–Crippen MR) is 475 cm³/mol. The number of aryl methyl sites for hydroxylation is 4. The van der Waals surface area contributed by atoms with Gasteiger partial charge in [-0.25, -0.2) is 33.7 Å². The van der Waals surface area contributed by atoms with E-state index in [0.29, 0.717) is 73.3 Å². The van der Waals surface area contributed by atoms with Crippen LogP contribution in [0.4, 0.5) is 22.7 Å². The largest absolute Gasteiger partial charge is 0.379 e. The van der Waals surface area contributed by atoms with Gasteiger partial charge in [-0.1, -0.05) is 87.6 Å². The van der Waals surface area contributed by atoms with Crippen molar-refractivity contribution in [3.63, 3.8) is 0 Å². The lowest BCUT2D eigenvalue weighted by atomic mass is 9.63. The van der Waals surface area contributed by atoms with Crippen LogP contribution in [0.5, 0.6) is 0 Å². The fraction of sp³-hybridized carbons (Fsp3) is 0.453. The Bertz CT molecular complexity index is 6510. The molecule has 5 aliphatic heterocycles. The maximum atomic E-state index is 13.1. The summed E-state index contributed by atoms with van der Waals surface area (Å²) in [5, 5.41) is -0.705. The summed E-state index contributed by atoms with van der Waals surface area (Å²) < 4.78 is 114. The van der Waals surface area contributed by atoms with Crippen LogP contribution >= 0.6 is 0 Å². The summed E-state index contributed by atoms with van der Waals surface area (Å²) in [5.41, 5.74) is 20.5. The molecule has 4 aromatic carbocycles. The Morgan fingerprint density at radius 1 is 0.367 bits per heavy atom. The molecule has 0 amide bonds. The molecule has 10 fully saturated rings. The second kappa shape index (κ2) is 29.7. The molecule has 21 nitrogen and oxygen atoms in total. The number of ether oxygens (including phenoxy) is 1. The van der Waals surface area contributed by atoms with Gasteiger partial charge in [-0.3, -0.25) is 19.2 Å². The minimum atomic E-state index is -3.44. The van der Waals surface area contributed by atoms with Gasteiger partial charge in [-0.2, -0.15) is 0 Å². The zero-order chi connectivity index (χ0) is 83.5. The van der Waals surface area contributed by atoms with E-state index >= 15 is 0 Å². The number of pyridine rings is 4. The topological polar surface area (TPSA) is 247 Å². The van der Waals surface area contributed by atoms with E-state index in [9.17, 15) is 52.8 Å². The molecule has 14 aliphatic rings. The molecule has 120 heavy (non-hydrogen) atoms. The van der Waals surface area contributed by atoms with Gasteiger partial charge in [0.15, 0.2) is 39.3 Å². The highest BCUT2D eigenvalue weighted by atomic mass is 32.2. The van der Waals surface area contributed by atoms with E-state index in [0.717, 1.165) is 183 Å². The van der Waals surface area contributed by atoms with Crippen LogP contribution in [-0.2, 0) is 98.0 Å². The van der Waals surface area contributed by atoms with E-state index in [1.165, 1.54) is 83.3 Å². The Morgan fingerprint density at radius 2 is 0.642 bits per heavy atom. The molecule has 5 saturated carbocycles. The van der Waals surface area contributed by atoms with Crippen molar-refractivity contribution in [3.05, 3.63) is 208 Å². The molecular weight excluding hydrogens is 1590 g/mol. The SMILES string of the molecule is CCCCS(=O)(=O)c1ccc(N2CC3(CCC3)C2)c(-c2cn(C)c(=O)c3c2C=CC3)c1.Cn1cc(-c2cc(S(=O)(=O)C3CC3)ccc2N2CC3(CCC3)C2)c2c(c1=O)CC=C2.Cn1cc(-c2cc(S(=O)(=O)C3COC3)ccc2N2CC3(CCC3)C2)c2c(c1=O)CC=C2.Cn1cc(-c2cc(S(C)(=O)=O)ccc2N2CC3(CCC3)C2)c2c(c1=O)CC=C2. The summed E-state index contributed by atoms with van der Waals surface area (Å²) in [5.74, 6) is 0.167. The van der Waals surface area contributed by atoms with Gasteiger partial charge in [0.1, 0.15) is 5.25 Å². The number of hydrogen-bond donors (Lipinski definition) is 0. The first-order valence-corrected chi connectivity index (χ1v) is 49.6. The van der Waals surface area contributed by atoms with Crippen molar-refractivity contribution >= 4 is 86.4 Å². The second-order valence-electron chi connectivity index (χ2n) is 37.3. The van der Waals surface area contributed by atoms with E-state index in [4.69, 9.17) is 4.74 Å². The summed E-state index contributed by atoms with van der Waals surface area (Å²) in [6.45, 7) is 10.8. The summed E-state index contributed by atoms with van der Waals surface area (Å²) in [7, 11) is -6.29. The van der Waals surface area contributed by atoms with Crippen LogP contribution in [0, 0.1) is 21.7 Å². The number of unbranched alkanes of at least 4 members (excludes halogenated alkanes) is 1. The number of anilines is 4. The third-order valence-corrected chi connectivity index (χ3v) is 36.2. The Morgan fingerprint density at radius 3 is 0.900 bits per heavy atom. The molecule has 628 valence electrons. The third kappa shape index (κ3) is 13.9. The molecular formula is C95H106N8O13S4. The predicted octanol–water partition coefficient (Wildman–Crippen LogP) is 13.5. The van der Waals surface area contributed by atoms with Crippen LogP contribution in [0.1, 0.15) is 154 Å². The molecule has 9 heterocycles.